The third kappa shape index (κ3) is 3.53. The van der Waals surface area contributed by atoms with Crippen molar-refractivity contribution >= 4 is 11.8 Å². The van der Waals surface area contributed by atoms with E-state index in [1.807, 2.05) is 11.8 Å². The minimum absolute atomic E-state index is 0.499. The van der Waals surface area contributed by atoms with Crippen molar-refractivity contribution in [3.8, 4) is 0 Å². The lowest BCUT2D eigenvalue weighted by Crippen LogP contribution is -1.93. The zero-order valence-electron chi connectivity index (χ0n) is 10.1. The fourth-order valence-electron chi connectivity index (χ4n) is 1.81. The Morgan fingerprint density at radius 2 is 1.94 bits per heavy atom. The molecule has 1 aromatic rings. The van der Waals surface area contributed by atoms with Crippen LogP contribution in [0.2, 0.25) is 0 Å². The van der Waals surface area contributed by atoms with Crippen molar-refractivity contribution in [1.82, 2.24) is 0 Å². The molecule has 0 bridgehead atoms. The Morgan fingerprint density at radius 3 is 2.50 bits per heavy atom. The zero-order valence-corrected chi connectivity index (χ0v) is 10.9. The molecule has 0 spiro atoms. The second-order valence-electron chi connectivity index (χ2n) is 4.41. The number of ether oxygens (including phenoxy) is 1. The Kier molecular flexibility index (Phi) is 4.30. The lowest BCUT2D eigenvalue weighted by Gasteiger charge is -2.02. The quantitative estimate of drug-likeness (QED) is 0.548. The number of rotatable bonds is 6. The lowest BCUT2D eigenvalue weighted by atomic mass is 10.1. The van der Waals surface area contributed by atoms with E-state index < -0.39 is 0 Å². The summed E-state index contributed by atoms with van der Waals surface area (Å²) in [6.07, 6.45) is 4.58. The first kappa shape index (κ1) is 12.0. The summed E-state index contributed by atoms with van der Waals surface area (Å²) in [5.41, 5.74) is 1.43. The van der Waals surface area contributed by atoms with Gasteiger partial charge in [-0.2, -0.15) is 0 Å². The van der Waals surface area contributed by atoms with Crippen LogP contribution >= 0.6 is 11.8 Å². The molecular weight excluding hydrogens is 216 g/mol. The third-order valence-corrected chi connectivity index (χ3v) is 4.17. The highest BCUT2D eigenvalue weighted by Gasteiger charge is 2.33. The van der Waals surface area contributed by atoms with Gasteiger partial charge in [-0.15, -0.1) is 11.8 Å². The predicted octanol–water partition coefficient (Wildman–Crippen LogP) is 3.91. The topological polar surface area (TPSA) is 12.5 Å². The van der Waals surface area contributed by atoms with E-state index in [9.17, 15) is 0 Å². The van der Waals surface area contributed by atoms with Gasteiger partial charge in [0.15, 0.2) is 0 Å². The van der Waals surface area contributed by atoms with Crippen molar-refractivity contribution < 1.29 is 4.74 Å². The van der Waals surface area contributed by atoms with Crippen LogP contribution in [-0.2, 0) is 11.2 Å². The van der Waals surface area contributed by atoms with Gasteiger partial charge in [-0.1, -0.05) is 19.1 Å². The summed E-state index contributed by atoms with van der Waals surface area (Å²) < 4.78 is 5.41. The van der Waals surface area contributed by atoms with Crippen LogP contribution in [0, 0.1) is 0 Å². The molecule has 16 heavy (non-hydrogen) atoms. The Balaban J connectivity index is 1.77. The summed E-state index contributed by atoms with van der Waals surface area (Å²) in [5, 5.41) is 0. The fraction of sp³-hybridized carbons (Fsp3) is 0.571. The lowest BCUT2D eigenvalue weighted by molar-refractivity contribution is 0.370. The number of hydrogen-bond acceptors (Lipinski definition) is 2. The molecule has 2 rings (SSSR count). The van der Waals surface area contributed by atoms with Crippen molar-refractivity contribution in [3.05, 3.63) is 29.8 Å². The molecule has 1 nitrogen and oxygen atoms in total. The van der Waals surface area contributed by atoms with Gasteiger partial charge in [0.05, 0.1) is 12.2 Å². The molecule has 1 saturated heterocycles. The first-order valence-electron chi connectivity index (χ1n) is 6.17. The van der Waals surface area contributed by atoms with Crippen LogP contribution < -0.4 is 0 Å². The standard InChI is InChI=1S/C14H20OS/c1-3-10-16-13-7-4-12(5-8-13)6-9-14-11(2)15-14/h4-5,7-8,11,14H,3,6,9-10H2,1-2H3. The summed E-state index contributed by atoms with van der Waals surface area (Å²) in [6.45, 7) is 4.37. The van der Waals surface area contributed by atoms with Crippen LogP contribution in [0.1, 0.15) is 32.3 Å². The summed E-state index contributed by atoms with van der Waals surface area (Å²) in [7, 11) is 0. The monoisotopic (exact) mass is 236 g/mol. The Morgan fingerprint density at radius 1 is 1.25 bits per heavy atom. The minimum atomic E-state index is 0.499. The maximum atomic E-state index is 5.41. The summed E-state index contributed by atoms with van der Waals surface area (Å²) in [6, 6.07) is 9.00. The van der Waals surface area contributed by atoms with Gasteiger partial charge in [0.1, 0.15) is 0 Å². The molecule has 0 radical (unpaired) electrons. The number of benzene rings is 1. The molecule has 1 aliphatic heterocycles. The molecule has 0 saturated carbocycles. The van der Waals surface area contributed by atoms with Gasteiger partial charge < -0.3 is 4.74 Å². The Hall–Kier alpha value is -0.470. The molecule has 0 aliphatic carbocycles. The van der Waals surface area contributed by atoms with Crippen LogP contribution in [0.3, 0.4) is 0 Å². The summed E-state index contributed by atoms with van der Waals surface area (Å²) in [5.74, 6) is 1.22. The van der Waals surface area contributed by atoms with Crippen LogP contribution in [-0.4, -0.2) is 18.0 Å². The van der Waals surface area contributed by atoms with Gasteiger partial charge in [0, 0.05) is 4.90 Å². The largest absolute Gasteiger partial charge is 0.370 e. The van der Waals surface area contributed by atoms with Gasteiger partial charge in [0.2, 0.25) is 0 Å². The van der Waals surface area contributed by atoms with Crippen LogP contribution in [0.4, 0.5) is 0 Å². The molecule has 2 unspecified atom stereocenters. The number of epoxide rings is 1. The van der Waals surface area contributed by atoms with Gasteiger partial charge in [0.25, 0.3) is 0 Å². The highest BCUT2D eigenvalue weighted by atomic mass is 32.2. The predicted molar refractivity (Wildman–Crippen MR) is 70.1 cm³/mol. The third-order valence-electron chi connectivity index (χ3n) is 2.95. The van der Waals surface area contributed by atoms with Gasteiger partial charge in [-0.05, 0) is 49.6 Å². The molecule has 0 amide bonds. The van der Waals surface area contributed by atoms with Crippen molar-refractivity contribution in [1.29, 1.82) is 0 Å². The molecule has 2 atom stereocenters. The molecule has 0 N–H and O–H groups in total. The van der Waals surface area contributed by atoms with Crippen LogP contribution in [0.15, 0.2) is 29.2 Å². The van der Waals surface area contributed by atoms with E-state index in [1.54, 1.807) is 0 Å². The summed E-state index contributed by atoms with van der Waals surface area (Å²) >= 11 is 1.94. The van der Waals surface area contributed by atoms with E-state index in [0.717, 1.165) is 6.42 Å². The van der Waals surface area contributed by atoms with Crippen molar-refractivity contribution in [3.63, 3.8) is 0 Å². The molecular formula is C14H20OS. The molecule has 88 valence electrons. The van der Waals surface area contributed by atoms with E-state index >= 15 is 0 Å². The maximum Gasteiger partial charge on any atom is 0.0842 e. The van der Waals surface area contributed by atoms with Crippen LogP contribution in [0.25, 0.3) is 0 Å². The number of aryl methyl sites for hydroxylation is 1. The van der Waals surface area contributed by atoms with E-state index in [-0.39, 0.29) is 0 Å². The normalized spacial score (nSPS) is 23.4. The molecule has 2 heteroatoms. The van der Waals surface area contributed by atoms with Gasteiger partial charge >= 0.3 is 0 Å². The van der Waals surface area contributed by atoms with Crippen molar-refractivity contribution in [2.45, 2.75) is 50.2 Å². The SMILES string of the molecule is CCCSc1ccc(CCC2OC2C)cc1. The maximum absolute atomic E-state index is 5.41. The molecule has 1 aliphatic rings. The first-order chi connectivity index (χ1) is 7.79. The number of hydrogen-bond donors (Lipinski definition) is 0. The second kappa shape index (κ2) is 5.74. The van der Waals surface area contributed by atoms with E-state index in [2.05, 4.69) is 38.1 Å². The van der Waals surface area contributed by atoms with Crippen molar-refractivity contribution in [2.75, 3.05) is 5.75 Å². The van der Waals surface area contributed by atoms with E-state index in [1.165, 1.54) is 29.1 Å². The number of thioether (sulfide) groups is 1. The molecule has 1 heterocycles. The second-order valence-corrected chi connectivity index (χ2v) is 5.58. The molecule has 1 fully saturated rings. The molecule has 0 aromatic heterocycles. The van der Waals surface area contributed by atoms with Crippen molar-refractivity contribution in [2.24, 2.45) is 0 Å². The smallest absolute Gasteiger partial charge is 0.0842 e. The average Bonchev–Trinajstić information content (AvgIpc) is 3.01. The van der Waals surface area contributed by atoms with E-state index in [0.29, 0.717) is 12.2 Å². The highest BCUT2D eigenvalue weighted by molar-refractivity contribution is 7.99. The first-order valence-corrected chi connectivity index (χ1v) is 7.15. The minimum Gasteiger partial charge on any atom is -0.370 e. The fourth-order valence-corrected chi connectivity index (χ4v) is 2.58. The highest BCUT2D eigenvalue weighted by Crippen LogP contribution is 2.26. The summed E-state index contributed by atoms with van der Waals surface area (Å²) in [4.78, 5) is 1.39. The average molecular weight is 236 g/mol. The zero-order chi connectivity index (χ0) is 11.4. The van der Waals surface area contributed by atoms with Gasteiger partial charge in [-0.25, -0.2) is 0 Å². The Labute approximate surface area is 103 Å². The molecule has 1 aromatic carbocycles. The van der Waals surface area contributed by atoms with Crippen LogP contribution in [0.5, 0.6) is 0 Å². The van der Waals surface area contributed by atoms with Gasteiger partial charge in [-0.3, -0.25) is 0 Å². The Bertz CT molecular complexity index is 320. The van der Waals surface area contributed by atoms with E-state index in [4.69, 9.17) is 4.74 Å².